The van der Waals surface area contributed by atoms with Crippen LogP contribution in [0.15, 0.2) is 35.0 Å². The van der Waals surface area contributed by atoms with E-state index in [0.29, 0.717) is 10.5 Å². The number of hydrogen-bond donors (Lipinski definition) is 1. The van der Waals surface area contributed by atoms with Gasteiger partial charge in [-0.25, -0.2) is 9.48 Å². The fourth-order valence-electron chi connectivity index (χ4n) is 2.76. The Labute approximate surface area is 174 Å². The summed E-state index contributed by atoms with van der Waals surface area (Å²) in [5.74, 6) is -0.969. The second-order valence-corrected chi connectivity index (χ2v) is 6.46. The standard InChI is InChI=1S/C19H18F3N5O4/c1-4-30-18(29)14-9-23-27(15(14)19(20,21)22)13-7-5-12(6-8-13)16(28)24-10(2)17-25-11(3)26-31-17/h5-10H,4H2,1-3H3,(H,24,28). The highest BCUT2D eigenvalue weighted by molar-refractivity contribution is 5.94. The van der Waals surface area contributed by atoms with Crippen LogP contribution < -0.4 is 5.32 Å². The van der Waals surface area contributed by atoms with Crippen LogP contribution in [0, 0.1) is 6.92 Å². The van der Waals surface area contributed by atoms with Crippen molar-refractivity contribution in [3.63, 3.8) is 0 Å². The van der Waals surface area contributed by atoms with Gasteiger partial charge in [0.2, 0.25) is 5.89 Å². The molecule has 12 heteroatoms. The number of benzene rings is 1. The highest BCUT2D eigenvalue weighted by Gasteiger charge is 2.41. The molecular formula is C19H18F3N5O4. The summed E-state index contributed by atoms with van der Waals surface area (Å²) < 4.78 is 51.0. The monoisotopic (exact) mass is 437 g/mol. The maximum Gasteiger partial charge on any atom is 0.434 e. The number of aromatic nitrogens is 4. The van der Waals surface area contributed by atoms with Gasteiger partial charge in [-0.15, -0.1) is 0 Å². The molecule has 1 N–H and O–H groups in total. The molecule has 0 fully saturated rings. The minimum Gasteiger partial charge on any atom is -0.462 e. The zero-order valence-corrected chi connectivity index (χ0v) is 16.7. The van der Waals surface area contributed by atoms with Gasteiger partial charge in [0.05, 0.1) is 18.5 Å². The first-order valence-electron chi connectivity index (χ1n) is 9.15. The molecular weight excluding hydrogens is 419 g/mol. The summed E-state index contributed by atoms with van der Waals surface area (Å²) >= 11 is 0. The van der Waals surface area contributed by atoms with Gasteiger partial charge in [0.1, 0.15) is 11.6 Å². The average Bonchev–Trinajstić information content (AvgIpc) is 3.35. The molecule has 0 saturated heterocycles. The zero-order chi connectivity index (χ0) is 22.8. The predicted molar refractivity (Wildman–Crippen MR) is 99.4 cm³/mol. The van der Waals surface area contributed by atoms with Gasteiger partial charge in [-0.3, -0.25) is 4.79 Å². The summed E-state index contributed by atoms with van der Waals surface area (Å²) in [6.07, 6.45) is -4.05. The number of carbonyl (C=O) groups is 2. The van der Waals surface area contributed by atoms with Crippen molar-refractivity contribution in [2.45, 2.75) is 33.0 Å². The molecule has 0 saturated carbocycles. The lowest BCUT2D eigenvalue weighted by Crippen LogP contribution is -2.26. The Morgan fingerprint density at radius 2 is 1.94 bits per heavy atom. The van der Waals surface area contributed by atoms with E-state index in [9.17, 15) is 22.8 Å². The van der Waals surface area contributed by atoms with E-state index >= 15 is 0 Å². The van der Waals surface area contributed by atoms with Crippen LogP contribution in [0.5, 0.6) is 0 Å². The first-order chi connectivity index (χ1) is 14.6. The second-order valence-electron chi connectivity index (χ2n) is 6.46. The highest BCUT2D eigenvalue weighted by atomic mass is 19.4. The maximum atomic E-state index is 13.6. The molecule has 31 heavy (non-hydrogen) atoms. The van der Waals surface area contributed by atoms with Crippen molar-refractivity contribution in [3.8, 4) is 5.69 Å². The molecule has 1 atom stereocenters. The minimum atomic E-state index is -4.85. The van der Waals surface area contributed by atoms with E-state index in [4.69, 9.17) is 4.52 Å². The Bertz CT molecular complexity index is 1090. The summed E-state index contributed by atoms with van der Waals surface area (Å²) in [4.78, 5) is 28.3. The molecule has 0 aliphatic carbocycles. The van der Waals surface area contributed by atoms with Crippen LogP contribution in [0.2, 0.25) is 0 Å². The predicted octanol–water partition coefficient (Wildman–Crippen LogP) is 3.25. The number of nitrogens with one attached hydrogen (secondary N) is 1. The number of aryl methyl sites for hydroxylation is 1. The van der Waals surface area contributed by atoms with Gasteiger partial charge in [0, 0.05) is 5.56 Å². The quantitative estimate of drug-likeness (QED) is 0.589. The Kier molecular flexibility index (Phi) is 6.09. The molecule has 3 rings (SSSR count). The number of ether oxygens (including phenoxy) is 1. The minimum absolute atomic E-state index is 0.0139. The second kappa shape index (κ2) is 8.58. The Morgan fingerprint density at radius 3 is 2.48 bits per heavy atom. The van der Waals surface area contributed by atoms with Crippen molar-refractivity contribution in [2.24, 2.45) is 0 Å². The van der Waals surface area contributed by atoms with Crippen molar-refractivity contribution >= 4 is 11.9 Å². The molecule has 3 aromatic rings. The molecule has 1 amide bonds. The van der Waals surface area contributed by atoms with E-state index in [1.165, 1.54) is 31.2 Å². The van der Waals surface area contributed by atoms with Crippen LogP contribution in [-0.4, -0.2) is 38.4 Å². The molecule has 164 valence electrons. The molecule has 0 radical (unpaired) electrons. The highest BCUT2D eigenvalue weighted by Crippen LogP contribution is 2.34. The SMILES string of the molecule is CCOC(=O)c1cnn(-c2ccc(C(=O)NC(C)c3nc(C)no3)cc2)c1C(F)(F)F. The number of hydrogen-bond acceptors (Lipinski definition) is 7. The Hall–Kier alpha value is -3.70. The first kappa shape index (κ1) is 22.0. The van der Waals surface area contributed by atoms with Crippen LogP contribution in [0.25, 0.3) is 5.69 Å². The zero-order valence-electron chi connectivity index (χ0n) is 16.7. The maximum absolute atomic E-state index is 13.6. The molecule has 1 unspecified atom stereocenters. The number of esters is 1. The lowest BCUT2D eigenvalue weighted by molar-refractivity contribution is -0.143. The third kappa shape index (κ3) is 4.73. The number of carbonyl (C=O) groups excluding carboxylic acids is 2. The van der Waals surface area contributed by atoms with Crippen molar-refractivity contribution < 1.29 is 32.0 Å². The fourth-order valence-corrected chi connectivity index (χ4v) is 2.76. The van der Waals surface area contributed by atoms with Gasteiger partial charge in [-0.05, 0) is 45.0 Å². The van der Waals surface area contributed by atoms with E-state index in [2.05, 4.69) is 25.3 Å². The number of alkyl halides is 3. The summed E-state index contributed by atoms with van der Waals surface area (Å²) in [6.45, 7) is 4.69. The molecule has 1 aromatic carbocycles. The van der Waals surface area contributed by atoms with Crippen LogP contribution in [-0.2, 0) is 10.9 Å². The van der Waals surface area contributed by atoms with Gasteiger partial charge >= 0.3 is 12.1 Å². The number of nitrogens with zero attached hydrogens (tertiary/aromatic N) is 4. The van der Waals surface area contributed by atoms with E-state index in [1.54, 1.807) is 13.8 Å². The molecule has 2 heterocycles. The van der Waals surface area contributed by atoms with Crippen LogP contribution in [0.1, 0.15) is 58.0 Å². The fraction of sp³-hybridized carbons (Fsp3) is 0.316. The normalized spacial score (nSPS) is 12.5. The van der Waals surface area contributed by atoms with Gasteiger partial charge in [-0.1, -0.05) is 5.16 Å². The van der Waals surface area contributed by atoms with E-state index in [-0.39, 0.29) is 23.7 Å². The summed E-state index contributed by atoms with van der Waals surface area (Å²) in [6, 6.07) is 4.68. The van der Waals surface area contributed by atoms with E-state index in [1.807, 2.05) is 0 Å². The number of amides is 1. The molecule has 0 spiro atoms. The molecule has 2 aromatic heterocycles. The van der Waals surface area contributed by atoms with Gasteiger partial charge in [-0.2, -0.15) is 23.3 Å². The van der Waals surface area contributed by atoms with Crippen LogP contribution >= 0.6 is 0 Å². The van der Waals surface area contributed by atoms with Crippen molar-refractivity contribution in [3.05, 3.63) is 59.0 Å². The lowest BCUT2D eigenvalue weighted by Gasteiger charge is -2.13. The number of halogens is 3. The summed E-state index contributed by atoms with van der Waals surface area (Å²) in [5, 5.41) is 9.99. The van der Waals surface area contributed by atoms with E-state index < -0.39 is 35.4 Å². The lowest BCUT2D eigenvalue weighted by atomic mass is 10.1. The van der Waals surface area contributed by atoms with Crippen molar-refractivity contribution in [1.29, 1.82) is 0 Å². The molecule has 9 nitrogen and oxygen atoms in total. The largest absolute Gasteiger partial charge is 0.462 e. The van der Waals surface area contributed by atoms with Gasteiger partial charge in [0.25, 0.3) is 5.91 Å². The molecule has 0 bridgehead atoms. The Balaban J connectivity index is 1.84. The van der Waals surface area contributed by atoms with Crippen molar-refractivity contribution in [1.82, 2.24) is 25.2 Å². The van der Waals surface area contributed by atoms with E-state index in [0.717, 1.165) is 6.20 Å². The average molecular weight is 437 g/mol. The molecule has 0 aliphatic heterocycles. The first-order valence-corrected chi connectivity index (χ1v) is 9.15. The smallest absolute Gasteiger partial charge is 0.434 e. The third-order valence-electron chi connectivity index (χ3n) is 4.17. The van der Waals surface area contributed by atoms with Crippen LogP contribution in [0.3, 0.4) is 0 Å². The Morgan fingerprint density at radius 1 is 1.26 bits per heavy atom. The third-order valence-corrected chi connectivity index (χ3v) is 4.17. The topological polar surface area (TPSA) is 112 Å². The summed E-state index contributed by atoms with van der Waals surface area (Å²) in [5.41, 5.74) is -1.75. The van der Waals surface area contributed by atoms with Gasteiger partial charge < -0.3 is 14.6 Å². The van der Waals surface area contributed by atoms with Crippen LogP contribution in [0.4, 0.5) is 13.2 Å². The number of rotatable bonds is 6. The molecule has 0 aliphatic rings. The van der Waals surface area contributed by atoms with Crippen molar-refractivity contribution in [2.75, 3.05) is 6.61 Å². The van der Waals surface area contributed by atoms with Gasteiger partial charge in [0.15, 0.2) is 11.5 Å². The summed E-state index contributed by atoms with van der Waals surface area (Å²) in [7, 11) is 0.